The molecule has 0 aliphatic heterocycles. The lowest BCUT2D eigenvalue weighted by Crippen LogP contribution is -2.22. The fourth-order valence-electron chi connectivity index (χ4n) is 2.56. The van der Waals surface area contributed by atoms with E-state index in [1.54, 1.807) is 36.6 Å². The van der Waals surface area contributed by atoms with Crippen molar-refractivity contribution in [3.63, 3.8) is 0 Å². The Balaban J connectivity index is 3.03. The van der Waals surface area contributed by atoms with Crippen LogP contribution < -0.4 is 4.31 Å². The molecule has 0 saturated carbocycles. The summed E-state index contributed by atoms with van der Waals surface area (Å²) in [7, 11) is 1.56. The quantitative estimate of drug-likeness (QED) is 0.159. The number of hydrogen-bond acceptors (Lipinski definition) is 5. The largest absolute Gasteiger partial charge is 0.295 e. The second-order valence-electron chi connectivity index (χ2n) is 6.52. The minimum atomic E-state index is -2.64. The summed E-state index contributed by atoms with van der Waals surface area (Å²) >= 11 is 1.34. The molecule has 1 heterocycles. The van der Waals surface area contributed by atoms with E-state index in [0.717, 1.165) is 12.0 Å². The Labute approximate surface area is 180 Å². The number of halogens is 4. The molecule has 0 fully saturated rings. The van der Waals surface area contributed by atoms with E-state index in [1.807, 2.05) is 13.2 Å². The van der Waals surface area contributed by atoms with Gasteiger partial charge >= 0.3 is 0 Å². The maximum atomic E-state index is 12.9. The normalized spacial score (nSPS) is 13.3. The number of nitrogens with zero attached hydrogens (tertiary/aromatic N) is 4. The van der Waals surface area contributed by atoms with Crippen molar-refractivity contribution in [2.75, 3.05) is 24.2 Å². The third kappa shape index (κ3) is 8.30. The Morgan fingerprint density at radius 1 is 1.30 bits per heavy atom. The van der Waals surface area contributed by atoms with Crippen molar-refractivity contribution in [1.29, 1.82) is 0 Å². The van der Waals surface area contributed by atoms with E-state index in [1.165, 1.54) is 18.0 Å². The molecule has 30 heavy (non-hydrogen) atoms. The van der Waals surface area contributed by atoms with E-state index in [4.69, 9.17) is 0 Å². The van der Waals surface area contributed by atoms with Crippen LogP contribution in [0, 0.1) is 0 Å². The average molecular weight is 445 g/mol. The molecule has 1 aromatic heterocycles. The number of pyridine rings is 1. The van der Waals surface area contributed by atoms with Gasteiger partial charge in [-0.15, -0.1) is 0 Å². The molecule has 4 nitrogen and oxygen atoms in total. The maximum absolute atomic E-state index is 12.9. The average Bonchev–Trinajstić information content (AvgIpc) is 2.73. The predicted molar refractivity (Wildman–Crippen MR) is 119 cm³/mol. The summed E-state index contributed by atoms with van der Waals surface area (Å²) < 4.78 is 53.3. The zero-order valence-corrected chi connectivity index (χ0v) is 18.5. The molecule has 0 aliphatic carbocycles. The van der Waals surface area contributed by atoms with E-state index in [-0.39, 0.29) is 17.7 Å². The van der Waals surface area contributed by atoms with Gasteiger partial charge in [0.1, 0.15) is 11.5 Å². The molecule has 0 amide bonds. The van der Waals surface area contributed by atoms with Crippen molar-refractivity contribution in [1.82, 2.24) is 4.98 Å². The van der Waals surface area contributed by atoms with Crippen molar-refractivity contribution < 1.29 is 17.6 Å². The summed E-state index contributed by atoms with van der Waals surface area (Å²) in [6, 6.07) is 4.48. The highest BCUT2D eigenvalue weighted by molar-refractivity contribution is 8.00. The topological polar surface area (TPSA) is 40.9 Å². The molecule has 0 bridgehead atoms. The smallest absolute Gasteiger partial charge is 0.280 e. The van der Waals surface area contributed by atoms with Gasteiger partial charge in [0.25, 0.3) is 12.9 Å². The van der Waals surface area contributed by atoms with Crippen LogP contribution in [0.1, 0.15) is 45.2 Å². The first-order valence-electron chi connectivity index (χ1n) is 9.44. The van der Waals surface area contributed by atoms with E-state index in [9.17, 15) is 17.6 Å². The number of aliphatic imine (C=N–C) groups is 2. The van der Waals surface area contributed by atoms with Crippen molar-refractivity contribution in [2.24, 2.45) is 9.98 Å². The summed E-state index contributed by atoms with van der Waals surface area (Å²) in [6.45, 7) is 7.57. The first kappa shape index (κ1) is 25.9. The number of anilines is 1. The zero-order valence-electron chi connectivity index (χ0n) is 17.7. The highest BCUT2D eigenvalue weighted by Gasteiger charge is 2.15. The van der Waals surface area contributed by atoms with Gasteiger partial charge in [0.15, 0.2) is 0 Å². The van der Waals surface area contributed by atoms with Crippen LogP contribution in [0.4, 0.5) is 23.4 Å². The van der Waals surface area contributed by atoms with Crippen LogP contribution in [-0.4, -0.2) is 42.7 Å². The highest BCUT2D eigenvalue weighted by atomic mass is 32.2. The molecule has 0 atom stereocenters. The lowest BCUT2D eigenvalue weighted by molar-refractivity contribution is 0.146. The SMILES string of the molecule is C=C(CC(=N\C)/C(=C/N=C(\C)CN(SC)c1cccc(C(F)F)n1)CCC)C(F)F. The third-order valence-electron chi connectivity index (χ3n) is 4.13. The second-order valence-corrected chi connectivity index (χ2v) is 7.32. The van der Waals surface area contributed by atoms with Crippen LogP contribution in [0.3, 0.4) is 0 Å². The molecule has 1 rings (SSSR count). The van der Waals surface area contributed by atoms with Crippen LogP contribution in [0.5, 0.6) is 0 Å². The minimum Gasteiger partial charge on any atom is -0.295 e. The fraction of sp³-hybridized carbons (Fsp3) is 0.476. The highest BCUT2D eigenvalue weighted by Crippen LogP contribution is 2.23. The Morgan fingerprint density at radius 3 is 2.53 bits per heavy atom. The van der Waals surface area contributed by atoms with E-state index < -0.39 is 12.9 Å². The standard InChI is InChI=1S/C21H28F4N4S/c1-6-8-16(18(26-4)11-14(2)20(22)23)12-27-15(3)13-29(30-5)19-10-7-9-17(28-19)21(24)25/h7,9-10,12,20-21H,2,6,8,11,13H2,1,3-5H3/b16-12+,26-18+,27-15+. The Hall–Kier alpha value is -2.16. The van der Waals surface area contributed by atoms with Crippen LogP contribution >= 0.6 is 11.9 Å². The third-order valence-corrected chi connectivity index (χ3v) is 4.89. The first-order valence-corrected chi connectivity index (χ1v) is 10.6. The molecular weight excluding hydrogens is 416 g/mol. The number of alkyl halides is 4. The van der Waals surface area contributed by atoms with Gasteiger partial charge in [-0.1, -0.05) is 37.9 Å². The van der Waals surface area contributed by atoms with Crippen molar-refractivity contribution >= 4 is 29.2 Å². The first-order chi connectivity index (χ1) is 14.2. The number of rotatable bonds is 12. The Morgan fingerprint density at radius 2 is 2.00 bits per heavy atom. The molecule has 0 aromatic carbocycles. The monoisotopic (exact) mass is 444 g/mol. The number of aromatic nitrogens is 1. The summed E-state index contributed by atoms with van der Waals surface area (Å²) in [5, 5.41) is 0. The van der Waals surface area contributed by atoms with Gasteiger partial charge in [-0.25, -0.2) is 22.5 Å². The second kappa shape index (κ2) is 13.2. The van der Waals surface area contributed by atoms with Crippen molar-refractivity contribution in [2.45, 2.75) is 46.0 Å². The van der Waals surface area contributed by atoms with Gasteiger partial charge in [-0.2, -0.15) is 0 Å². The van der Waals surface area contributed by atoms with Gasteiger partial charge < -0.3 is 0 Å². The lowest BCUT2D eigenvalue weighted by atomic mass is 10.0. The number of hydrogen-bond donors (Lipinski definition) is 0. The van der Waals surface area contributed by atoms with Crippen LogP contribution in [0.2, 0.25) is 0 Å². The molecule has 0 spiro atoms. The summed E-state index contributed by atoms with van der Waals surface area (Å²) in [5.41, 5.74) is 1.55. The van der Waals surface area contributed by atoms with Crippen LogP contribution in [0.15, 0.2) is 52.1 Å². The van der Waals surface area contributed by atoms with Crippen molar-refractivity contribution in [3.05, 3.63) is 47.8 Å². The molecule has 166 valence electrons. The van der Waals surface area contributed by atoms with Gasteiger partial charge in [0.2, 0.25) is 0 Å². The van der Waals surface area contributed by atoms with E-state index >= 15 is 0 Å². The molecular formula is C21H28F4N4S. The Kier molecular flexibility index (Phi) is 11.4. The fourth-order valence-corrected chi connectivity index (χ4v) is 3.16. The Bertz CT molecular complexity index is 791. The molecule has 9 heteroatoms. The van der Waals surface area contributed by atoms with E-state index in [2.05, 4.69) is 21.5 Å². The molecule has 0 aliphatic rings. The zero-order chi connectivity index (χ0) is 22.7. The van der Waals surface area contributed by atoms with Gasteiger partial charge in [0, 0.05) is 37.3 Å². The predicted octanol–water partition coefficient (Wildman–Crippen LogP) is 6.53. The van der Waals surface area contributed by atoms with Gasteiger partial charge in [0.05, 0.1) is 6.54 Å². The summed E-state index contributed by atoms with van der Waals surface area (Å²) in [4.78, 5) is 12.6. The lowest BCUT2D eigenvalue weighted by Gasteiger charge is -2.20. The molecule has 1 aromatic rings. The van der Waals surface area contributed by atoms with Crippen LogP contribution in [-0.2, 0) is 0 Å². The number of allylic oxidation sites excluding steroid dienone is 2. The van der Waals surface area contributed by atoms with E-state index in [0.29, 0.717) is 30.2 Å². The summed E-state index contributed by atoms with van der Waals surface area (Å²) in [6.07, 6.45) is -0.331. The summed E-state index contributed by atoms with van der Waals surface area (Å²) in [5.74, 6) is 0.414. The van der Waals surface area contributed by atoms with Crippen molar-refractivity contribution in [3.8, 4) is 0 Å². The van der Waals surface area contributed by atoms with Crippen LogP contribution in [0.25, 0.3) is 0 Å². The maximum Gasteiger partial charge on any atom is 0.280 e. The molecule has 0 N–H and O–H groups in total. The molecule has 0 unspecified atom stereocenters. The van der Waals surface area contributed by atoms with Gasteiger partial charge in [-0.3, -0.25) is 14.3 Å². The molecule has 0 radical (unpaired) electrons. The minimum absolute atomic E-state index is 0.00412. The van der Waals surface area contributed by atoms with Gasteiger partial charge in [-0.05, 0) is 36.6 Å². The molecule has 0 saturated heterocycles.